The van der Waals surface area contributed by atoms with Crippen LogP contribution in [-0.4, -0.2) is 26.2 Å². The number of hydrogen-bond donors (Lipinski definition) is 2. The number of ether oxygens (including phenoxy) is 1. The van der Waals surface area contributed by atoms with Gasteiger partial charge in [-0.25, -0.2) is 27.3 Å². The highest BCUT2D eigenvalue weighted by molar-refractivity contribution is 5.54. The molecule has 2 heterocycles. The van der Waals surface area contributed by atoms with Crippen molar-refractivity contribution in [2.24, 2.45) is 0 Å². The predicted molar refractivity (Wildman–Crippen MR) is 121 cm³/mol. The highest BCUT2D eigenvalue weighted by Crippen LogP contribution is 2.19. The molecule has 0 fully saturated rings. The van der Waals surface area contributed by atoms with Crippen LogP contribution in [0.1, 0.15) is 11.1 Å². The van der Waals surface area contributed by atoms with E-state index in [0.29, 0.717) is 16.0 Å². The minimum absolute atomic E-state index is 0.0918. The average molecular weight is 485 g/mol. The minimum Gasteiger partial charge on any atom is -0.497 e. The van der Waals surface area contributed by atoms with Crippen LogP contribution in [0.25, 0.3) is 0 Å². The van der Waals surface area contributed by atoms with Gasteiger partial charge in [0, 0.05) is 17.4 Å². The fraction of sp³-hybridized carbons (Fsp3) is 0.130. The quantitative estimate of drug-likeness (QED) is 0.389. The Hall–Kier alpha value is -4.61. The summed E-state index contributed by atoms with van der Waals surface area (Å²) in [7, 11) is 1.49. The van der Waals surface area contributed by atoms with Crippen LogP contribution in [0.15, 0.2) is 69.1 Å². The Kier molecular flexibility index (Phi) is 6.53. The van der Waals surface area contributed by atoms with Crippen LogP contribution in [-0.2, 0) is 13.1 Å². The van der Waals surface area contributed by atoms with Crippen molar-refractivity contribution in [3.63, 3.8) is 0 Å². The van der Waals surface area contributed by atoms with Gasteiger partial charge < -0.3 is 15.0 Å². The van der Waals surface area contributed by atoms with E-state index in [2.05, 4.69) is 15.3 Å². The van der Waals surface area contributed by atoms with Crippen LogP contribution in [0.3, 0.4) is 0 Å². The zero-order valence-corrected chi connectivity index (χ0v) is 18.2. The molecular weight excluding hydrogens is 467 g/mol. The Morgan fingerprint density at radius 2 is 1.66 bits per heavy atom. The fourth-order valence-corrected chi connectivity index (χ4v) is 3.34. The zero-order chi connectivity index (χ0) is 25.1. The van der Waals surface area contributed by atoms with Gasteiger partial charge in [0.05, 0.1) is 20.2 Å². The molecule has 0 amide bonds. The maximum absolute atomic E-state index is 13.8. The standard InChI is InChI=1S/C23H18F3N5O4/c1-35-16-6-4-15(5-7-16)28-21-29-22(33)31(12-14-3-2-8-27-20(14)32)23(34)30(21)11-13-9-17(24)19(26)18(25)10-13/h2-10H,11-12H2,1H3,(H,27,32)(H,28,29,33). The van der Waals surface area contributed by atoms with Crippen molar-refractivity contribution in [3.05, 3.63) is 115 Å². The first-order chi connectivity index (χ1) is 16.8. The van der Waals surface area contributed by atoms with Crippen LogP contribution < -0.4 is 27.0 Å². The molecule has 35 heavy (non-hydrogen) atoms. The van der Waals surface area contributed by atoms with Gasteiger partial charge in [0.1, 0.15) is 5.75 Å². The summed E-state index contributed by atoms with van der Waals surface area (Å²) in [5, 5.41) is 2.82. The molecule has 0 aliphatic heterocycles. The molecule has 12 heteroatoms. The van der Waals surface area contributed by atoms with Crippen molar-refractivity contribution in [2.45, 2.75) is 13.1 Å². The van der Waals surface area contributed by atoms with E-state index in [4.69, 9.17) is 4.74 Å². The molecule has 2 aromatic heterocycles. The number of nitrogens with zero attached hydrogens (tertiary/aromatic N) is 3. The van der Waals surface area contributed by atoms with E-state index in [1.807, 2.05) is 0 Å². The van der Waals surface area contributed by atoms with Gasteiger partial charge in [-0.1, -0.05) is 6.07 Å². The number of benzene rings is 2. The van der Waals surface area contributed by atoms with E-state index in [9.17, 15) is 27.6 Å². The largest absolute Gasteiger partial charge is 0.497 e. The first kappa shape index (κ1) is 23.5. The Morgan fingerprint density at radius 3 is 2.29 bits per heavy atom. The number of H-pyrrole nitrogens is 1. The van der Waals surface area contributed by atoms with Crippen molar-refractivity contribution in [1.29, 1.82) is 0 Å². The van der Waals surface area contributed by atoms with Gasteiger partial charge in [-0.15, -0.1) is 0 Å². The van der Waals surface area contributed by atoms with Crippen LogP contribution in [0.5, 0.6) is 5.75 Å². The molecule has 0 atom stereocenters. The molecule has 4 rings (SSSR count). The predicted octanol–water partition coefficient (Wildman–Crippen LogP) is 2.36. The highest BCUT2D eigenvalue weighted by atomic mass is 19.2. The summed E-state index contributed by atoms with van der Waals surface area (Å²) in [6.45, 7) is -0.848. The minimum atomic E-state index is -1.65. The number of nitrogens with one attached hydrogen (secondary N) is 2. The Labute approximate surface area is 195 Å². The van der Waals surface area contributed by atoms with Gasteiger partial charge in [-0.3, -0.25) is 9.36 Å². The van der Waals surface area contributed by atoms with Crippen LogP contribution in [0.2, 0.25) is 0 Å². The molecule has 0 aliphatic carbocycles. The van der Waals surface area contributed by atoms with Crippen molar-refractivity contribution in [1.82, 2.24) is 19.1 Å². The topological polar surface area (TPSA) is 111 Å². The molecule has 0 aliphatic rings. The third-order valence-corrected chi connectivity index (χ3v) is 5.11. The van der Waals surface area contributed by atoms with Crippen molar-refractivity contribution < 1.29 is 17.9 Å². The van der Waals surface area contributed by atoms with Gasteiger partial charge in [-0.2, -0.15) is 4.98 Å². The lowest BCUT2D eigenvalue weighted by atomic mass is 10.2. The zero-order valence-electron chi connectivity index (χ0n) is 18.2. The summed E-state index contributed by atoms with van der Waals surface area (Å²) in [5.74, 6) is -4.19. The molecule has 0 bridgehead atoms. The van der Waals surface area contributed by atoms with E-state index in [1.54, 1.807) is 24.3 Å². The summed E-state index contributed by atoms with van der Waals surface area (Å²) >= 11 is 0. The second kappa shape index (κ2) is 9.71. The van der Waals surface area contributed by atoms with Gasteiger partial charge >= 0.3 is 11.4 Å². The number of halogens is 3. The molecule has 0 radical (unpaired) electrons. The summed E-state index contributed by atoms with van der Waals surface area (Å²) in [4.78, 5) is 44.4. The van der Waals surface area contributed by atoms with Crippen LogP contribution in [0.4, 0.5) is 24.8 Å². The number of aromatic nitrogens is 4. The highest BCUT2D eigenvalue weighted by Gasteiger charge is 2.17. The molecule has 2 aromatic carbocycles. The molecule has 2 N–H and O–H groups in total. The first-order valence-electron chi connectivity index (χ1n) is 10.2. The molecule has 0 unspecified atom stereocenters. The average Bonchev–Trinajstić information content (AvgIpc) is 2.84. The van der Waals surface area contributed by atoms with Gasteiger partial charge in [0.2, 0.25) is 5.95 Å². The lowest BCUT2D eigenvalue weighted by molar-refractivity contribution is 0.415. The van der Waals surface area contributed by atoms with Crippen LogP contribution >= 0.6 is 0 Å². The molecule has 180 valence electrons. The summed E-state index contributed by atoms with van der Waals surface area (Å²) in [5.41, 5.74) is -1.91. The number of anilines is 2. The third kappa shape index (κ3) is 5.00. The van der Waals surface area contributed by atoms with Crippen LogP contribution in [0, 0.1) is 17.5 Å². The van der Waals surface area contributed by atoms with E-state index in [-0.39, 0.29) is 17.1 Å². The van der Waals surface area contributed by atoms with E-state index in [1.165, 1.54) is 25.4 Å². The number of rotatable bonds is 7. The first-order valence-corrected chi connectivity index (χ1v) is 10.2. The molecule has 0 saturated carbocycles. The maximum Gasteiger partial charge on any atom is 0.355 e. The Bertz CT molecular complexity index is 1540. The van der Waals surface area contributed by atoms with Gasteiger partial charge in [0.15, 0.2) is 17.5 Å². The van der Waals surface area contributed by atoms with E-state index < -0.39 is 47.5 Å². The molecular formula is C23H18F3N5O4. The summed E-state index contributed by atoms with van der Waals surface area (Å²) < 4.78 is 47.8. The van der Waals surface area contributed by atoms with Gasteiger partial charge in [-0.05, 0) is 48.0 Å². The molecule has 0 spiro atoms. The third-order valence-electron chi connectivity index (χ3n) is 5.11. The lowest BCUT2D eigenvalue weighted by Gasteiger charge is -2.16. The maximum atomic E-state index is 13.8. The second-order valence-electron chi connectivity index (χ2n) is 7.42. The van der Waals surface area contributed by atoms with Crippen molar-refractivity contribution in [3.8, 4) is 5.75 Å². The molecule has 4 aromatic rings. The lowest BCUT2D eigenvalue weighted by Crippen LogP contribution is -2.43. The van der Waals surface area contributed by atoms with E-state index in [0.717, 1.165) is 16.7 Å². The van der Waals surface area contributed by atoms with E-state index >= 15 is 0 Å². The van der Waals surface area contributed by atoms with Crippen molar-refractivity contribution in [2.75, 3.05) is 12.4 Å². The Morgan fingerprint density at radius 1 is 0.971 bits per heavy atom. The number of aromatic amines is 1. The Balaban J connectivity index is 1.83. The number of methoxy groups -OCH3 is 1. The monoisotopic (exact) mass is 485 g/mol. The summed E-state index contributed by atoms with van der Waals surface area (Å²) in [6.07, 6.45) is 1.39. The fourth-order valence-electron chi connectivity index (χ4n) is 3.34. The normalized spacial score (nSPS) is 10.9. The summed E-state index contributed by atoms with van der Waals surface area (Å²) in [6, 6.07) is 10.9. The van der Waals surface area contributed by atoms with Gasteiger partial charge in [0.25, 0.3) is 5.56 Å². The number of hydrogen-bond acceptors (Lipinski definition) is 6. The SMILES string of the molecule is COc1ccc(Nc2nc(=O)n(Cc3ccc[nH]c3=O)c(=O)n2Cc2cc(F)c(F)c(F)c2)cc1. The second-order valence-corrected chi connectivity index (χ2v) is 7.42. The molecule has 0 saturated heterocycles. The van der Waals surface area contributed by atoms with Crippen molar-refractivity contribution >= 4 is 11.6 Å². The number of pyridine rings is 1. The molecule has 9 nitrogen and oxygen atoms in total. The smallest absolute Gasteiger partial charge is 0.355 e.